The number of aryl methyl sites for hydroxylation is 1. The molecule has 2 heterocycles. The highest BCUT2D eigenvalue weighted by atomic mass is 32.2. The maximum Gasteiger partial charge on any atom is 0.174 e. The Balaban J connectivity index is 1.92. The first kappa shape index (κ1) is 13.6. The predicted molar refractivity (Wildman–Crippen MR) is 76.5 cm³/mol. The minimum absolute atomic E-state index is 0.00589. The van der Waals surface area contributed by atoms with E-state index in [0.29, 0.717) is 0 Å². The third-order valence-corrected chi connectivity index (χ3v) is 4.83. The summed E-state index contributed by atoms with van der Waals surface area (Å²) in [5.41, 5.74) is 3.28. The van der Waals surface area contributed by atoms with Crippen LogP contribution in [0.1, 0.15) is 36.2 Å². The van der Waals surface area contributed by atoms with Crippen molar-refractivity contribution in [2.45, 2.75) is 48.9 Å². The molecule has 0 aliphatic heterocycles. The highest BCUT2D eigenvalue weighted by Gasteiger charge is 2.17. The number of rotatable bonds is 3. The van der Waals surface area contributed by atoms with Crippen LogP contribution in [0.2, 0.25) is 0 Å². The molecule has 0 saturated heterocycles. The van der Waals surface area contributed by atoms with Gasteiger partial charge < -0.3 is 9.67 Å². The zero-order valence-corrected chi connectivity index (χ0v) is 12.4. The fourth-order valence-corrected chi connectivity index (χ4v) is 3.49. The topological polar surface area (TPSA) is 63.8 Å². The van der Waals surface area contributed by atoms with E-state index in [0.717, 1.165) is 28.7 Å². The molecular formula is C14H18N4OS. The van der Waals surface area contributed by atoms with Crippen molar-refractivity contribution in [3.8, 4) is 0 Å². The standard InChI is InChI=1S/C14H18N4OS/c1-18-10(8-19)7-15-14(18)20-13-11-5-3-2-4-6-12(11)16-9-17-13/h7,9,19H,2-6,8H2,1H3. The lowest BCUT2D eigenvalue weighted by atomic mass is 10.1. The van der Waals surface area contributed by atoms with Gasteiger partial charge >= 0.3 is 0 Å². The molecule has 0 amide bonds. The van der Waals surface area contributed by atoms with Gasteiger partial charge in [-0.2, -0.15) is 0 Å². The fourth-order valence-electron chi connectivity index (χ4n) is 2.51. The van der Waals surface area contributed by atoms with Gasteiger partial charge in [0.25, 0.3) is 0 Å². The normalized spacial score (nSPS) is 14.9. The molecule has 2 aromatic rings. The fraction of sp³-hybridized carbons (Fsp3) is 0.500. The van der Waals surface area contributed by atoms with E-state index in [9.17, 15) is 5.11 Å². The quantitative estimate of drug-likeness (QED) is 0.693. The third-order valence-electron chi connectivity index (χ3n) is 3.73. The Labute approximate surface area is 122 Å². The molecule has 106 valence electrons. The molecule has 0 radical (unpaired) electrons. The first-order chi connectivity index (χ1) is 9.79. The van der Waals surface area contributed by atoms with Crippen molar-refractivity contribution in [3.63, 3.8) is 0 Å². The Morgan fingerprint density at radius 1 is 1.20 bits per heavy atom. The first-order valence-corrected chi connectivity index (χ1v) is 7.73. The summed E-state index contributed by atoms with van der Waals surface area (Å²) in [6.07, 6.45) is 9.15. The Morgan fingerprint density at radius 2 is 2.05 bits per heavy atom. The summed E-state index contributed by atoms with van der Waals surface area (Å²) < 4.78 is 1.91. The van der Waals surface area contributed by atoms with Crippen LogP contribution in [0.25, 0.3) is 0 Å². The average Bonchev–Trinajstić information content (AvgIpc) is 2.67. The van der Waals surface area contributed by atoms with E-state index < -0.39 is 0 Å². The molecule has 3 rings (SSSR count). The van der Waals surface area contributed by atoms with Gasteiger partial charge in [0.05, 0.1) is 18.5 Å². The number of aromatic nitrogens is 4. The van der Waals surface area contributed by atoms with E-state index in [-0.39, 0.29) is 6.61 Å². The number of aliphatic hydroxyl groups is 1. The summed E-state index contributed by atoms with van der Waals surface area (Å²) >= 11 is 1.56. The maximum atomic E-state index is 9.23. The molecule has 1 aliphatic carbocycles. The SMILES string of the molecule is Cn1c(CO)cnc1Sc1ncnc2c1CCCCC2. The van der Waals surface area contributed by atoms with E-state index in [1.54, 1.807) is 24.3 Å². The summed E-state index contributed by atoms with van der Waals surface area (Å²) in [5.74, 6) is 0. The smallest absolute Gasteiger partial charge is 0.174 e. The summed E-state index contributed by atoms with van der Waals surface area (Å²) in [6, 6.07) is 0. The van der Waals surface area contributed by atoms with Crippen LogP contribution >= 0.6 is 11.8 Å². The zero-order valence-electron chi connectivity index (χ0n) is 11.5. The van der Waals surface area contributed by atoms with Gasteiger partial charge in [-0.1, -0.05) is 6.42 Å². The molecule has 0 aromatic carbocycles. The average molecular weight is 290 g/mol. The molecule has 6 heteroatoms. The van der Waals surface area contributed by atoms with Crippen LogP contribution in [-0.4, -0.2) is 24.6 Å². The Hall–Kier alpha value is -1.40. The molecule has 0 atom stereocenters. The molecule has 5 nitrogen and oxygen atoms in total. The van der Waals surface area contributed by atoms with Crippen molar-refractivity contribution in [1.82, 2.24) is 19.5 Å². The Bertz CT molecular complexity index is 611. The van der Waals surface area contributed by atoms with Crippen LogP contribution in [0.15, 0.2) is 22.7 Å². The number of imidazole rings is 1. The van der Waals surface area contributed by atoms with Gasteiger partial charge in [-0.05, 0) is 37.4 Å². The minimum Gasteiger partial charge on any atom is -0.390 e. The Kier molecular flexibility index (Phi) is 4.03. The van der Waals surface area contributed by atoms with Crippen LogP contribution in [0.5, 0.6) is 0 Å². The maximum absolute atomic E-state index is 9.23. The zero-order chi connectivity index (χ0) is 13.9. The van der Waals surface area contributed by atoms with E-state index in [1.807, 2.05) is 11.6 Å². The largest absolute Gasteiger partial charge is 0.390 e. The van der Waals surface area contributed by atoms with Crippen LogP contribution in [-0.2, 0) is 26.5 Å². The molecule has 1 aliphatic rings. The lowest BCUT2D eigenvalue weighted by Crippen LogP contribution is -2.02. The highest BCUT2D eigenvalue weighted by Crippen LogP contribution is 2.31. The van der Waals surface area contributed by atoms with Crippen molar-refractivity contribution in [2.75, 3.05) is 0 Å². The number of hydrogen-bond acceptors (Lipinski definition) is 5. The molecule has 20 heavy (non-hydrogen) atoms. The van der Waals surface area contributed by atoms with Gasteiger partial charge in [0, 0.05) is 18.3 Å². The molecule has 1 N–H and O–H groups in total. The summed E-state index contributed by atoms with van der Waals surface area (Å²) in [4.78, 5) is 13.2. The molecule has 0 saturated carbocycles. The van der Waals surface area contributed by atoms with Crippen molar-refractivity contribution < 1.29 is 5.11 Å². The third kappa shape index (κ3) is 2.58. The molecule has 2 aromatic heterocycles. The van der Waals surface area contributed by atoms with E-state index in [2.05, 4.69) is 15.0 Å². The van der Waals surface area contributed by atoms with Gasteiger partial charge in [-0.15, -0.1) is 0 Å². The summed E-state index contributed by atoms with van der Waals surface area (Å²) in [7, 11) is 1.92. The van der Waals surface area contributed by atoms with Gasteiger partial charge in [0.2, 0.25) is 0 Å². The van der Waals surface area contributed by atoms with E-state index in [1.165, 1.54) is 30.5 Å². The molecule has 0 unspecified atom stereocenters. The van der Waals surface area contributed by atoms with Crippen molar-refractivity contribution in [3.05, 3.63) is 29.5 Å². The lowest BCUT2D eigenvalue weighted by molar-refractivity contribution is 0.271. The van der Waals surface area contributed by atoms with Crippen molar-refractivity contribution >= 4 is 11.8 Å². The van der Waals surface area contributed by atoms with Gasteiger partial charge in [-0.3, -0.25) is 0 Å². The Morgan fingerprint density at radius 3 is 2.85 bits per heavy atom. The number of fused-ring (bicyclic) bond motifs is 1. The number of hydrogen-bond donors (Lipinski definition) is 1. The van der Waals surface area contributed by atoms with Crippen LogP contribution in [0.3, 0.4) is 0 Å². The second-order valence-electron chi connectivity index (χ2n) is 5.02. The lowest BCUT2D eigenvalue weighted by Gasteiger charge is -2.10. The summed E-state index contributed by atoms with van der Waals surface area (Å²) in [6.45, 7) is 0.00589. The highest BCUT2D eigenvalue weighted by molar-refractivity contribution is 7.99. The van der Waals surface area contributed by atoms with Gasteiger partial charge in [-0.25, -0.2) is 15.0 Å². The predicted octanol–water partition coefficient (Wildman–Crippen LogP) is 2.12. The number of nitrogens with zero attached hydrogens (tertiary/aromatic N) is 4. The molecule has 0 spiro atoms. The monoisotopic (exact) mass is 290 g/mol. The van der Waals surface area contributed by atoms with Crippen molar-refractivity contribution in [2.24, 2.45) is 7.05 Å². The first-order valence-electron chi connectivity index (χ1n) is 6.91. The van der Waals surface area contributed by atoms with E-state index >= 15 is 0 Å². The molecule has 0 fully saturated rings. The van der Waals surface area contributed by atoms with Gasteiger partial charge in [0.15, 0.2) is 5.16 Å². The minimum atomic E-state index is 0.00589. The second kappa shape index (κ2) is 5.93. The van der Waals surface area contributed by atoms with Crippen LogP contribution in [0.4, 0.5) is 0 Å². The number of aliphatic hydroxyl groups excluding tert-OH is 1. The van der Waals surface area contributed by atoms with Crippen LogP contribution < -0.4 is 0 Å². The molecular weight excluding hydrogens is 272 g/mol. The molecule has 0 bridgehead atoms. The van der Waals surface area contributed by atoms with Crippen LogP contribution in [0, 0.1) is 0 Å². The van der Waals surface area contributed by atoms with Gasteiger partial charge in [0.1, 0.15) is 11.4 Å². The second-order valence-corrected chi connectivity index (χ2v) is 5.97. The van der Waals surface area contributed by atoms with Crippen molar-refractivity contribution in [1.29, 1.82) is 0 Å². The van der Waals surface area contributed by atoms with E-state index in [4.69, 9.17) is 0 Å². The summed E-state index contributed by atoms with van der Waals surface area (Å²) in [5, 5.41) is 11.1.